The Morgan fingerprint density at radius 3 is 2.48 bits per heavy atom. The first-order valence-electron chi connectivity index (χ1n) is 13.0. The third-order valence-corrected chi connectivity index (χ3v) is 8.15. The van der Waals surface area contributed by atoms with Gasteiger partial charge < -0.3 is 10.4 Å². The molecule has 0 unspecified atom stereocenters. The van der Waals surface area contributed by atoms with Crippen LogP contribution in [0.4, 0.5) is 0 Å². The number of hydrogen-bond acceptors (Lipinski definition) is 4. The number of aromatic nitrogens is 1. The van der Waals surface area contributed by atoms with Crippen LogP contribution in [-0.4, -0.2) is 22.0 Å². The number of hydrogen-bond donors (Lipinski definition) is 2. The maximum absolute atomic E-state index is 13.9. The summed E-state index contributed by atoms with van der Waals surface area (Å²) in [6, 6.07) is 30.8. The molecular weight excluding hydrogens is 516 g/mol. The van der Waals surface area contributed by atoms with E-state index in [1.54, 1.807) is 41.8 Å². The minimum absolute atomic E-state index is 0.169. The maximum atomic E-state index is 13.9. The van der Waals surface area contributed by atoms with Crippen LogP contribution >= 0.6 is 11.3 Å². The van der Waals surface area contributed by atoms with E-state index in [0.29, 0.717) is 12.0 Å². The molecule has 2 heterocycles. The van der Waals surface area contributed by atoms with Crippen molar-refractivity contribution in [1.82, 2.24) is 10.3 Å². The number of carboxylic acid groups (broad SMARTS) is 1. The molecule has 0 aliphatic carbocycles. The summed E-state index contributed by atoms with van der Waals surface area (Å²) < 4.78 is 1.05. The minimum atomic E-state index is -0.976. The first-order valence-corrected chi connectivity index (χ1v) is 13.9. The topological polar surface area (TPSA) is 79.3 Å². The Hall–Kier alpha value is -4.81. The second-order valence-corrected chi connectivity index (χ2v) is 10.8. The lowest BCUT2D eigenvalue weighted by Crippen LogP contribution is -2.27. The third kappa shape index (κ3) is 5.09. The predicted octanol–water partition coefficient (Wildman–Crippen LogP) is 7.90. The number of nitrogens with one attached hydrogen (secondary N) is 1. The van der Waals surface area contributed by atoms with Crippen molar-refractivity contribution in [2.24, 2.45) is 0 Å². The van der Waals surface area contributed by atoms with Gasteiger partial charge in [0.2, 0.25) is 0 Å². The molecule has 6 rings (SSSR count). The Morgan fingerprint density at radius 1 is 0.900 bits per heavy atom. The van der Waals surface area contributed by atoms with Crippen molar-refractivity contribution in [3.05, 3.63) is 136 Å². The number of aromatic carboxylic acids is 1. The average molecular weight is 543 g/mol. The Bertz CT molecular complexity index is 1860. The van der Waals surface area contributed by atoms with Gasteiger partial charge in [-0.1, -0.05) is 60.7 Å². The van der Waals surface area contributed by atoms with Crippen molar-refractivity contribution < 1.29 is 14.7 Å². The number of pyridine rings is 1. The molecule has 1 atom stereocenters. The van der Waals surface area contributed by atoms with Gasteiger partial charge in [-0.2, -0.15) is 0 Å². The molecule has 0 fully saturated rings. The largest absolute Gasteiger partial charge is 0.478 e. The molecule has 5 nitrogen and oxygen atoms in total. The van der Waals surface area contributed by atoms with Crippen LogP contribution in [0, 0.1) is 0 Å². The van der Waals surface area contributed by atoms with Gasteiger partial charge in [0.25, 0.3) is 5.91 Å². The molecule has 0 saturated carbocycles. The minimum Gasteiger partial charge on any atom is -0.478 e. The van der Waals surface area contributed by atoms with Crippen molar-refractivity contribution in [2.75, 3.05) is 0 Å². The molecule has 6 heteroatoms. The molecule has 196 valence electrons. The van der Waals surface area contributed by atoms with Gasteiger partial charge in [0.15, 0.2) is 0 Å². The fourth-order valence-corrected chi connectivity index (χ4v) is 6.08. The SMILES string of the molecule is C[C@H](NC(=O)c1cc(-c2ccccc2)cc2scc(Cc3ccc4cccnc4c3)c12)c1ccc(C(=O)O)cc1. The van der Waals surface area contributed by atoms with Crippen molar-refractivity contribution in [1.29, 1.82) is 0 Å². The molecule has 40 heavy (non-hydrogen) atoms. The summed E-state index contributed by atoms with van der Waals surface area (Å²) in [7, 11) is 0. The van der Waals surface area contributed by atoms with Crippen LogP contribution in [0.15, 0.2) is 109 Å². The number of carboxylic acids is 1. The second kappa shape index (κ2) is 10.8. The number of carbonyl (C=O) groups is 2. The summed E-state index contributed by atoms with van der Waals surface area (Å²) in [5, 5.41) is 16.6. The molecule has 4 aromatic carbocycles. The Morgan fingerprint density at radius 2 is 1.70 bits per heavy atom. The zero-order valence-corrected chi connectivity index (χ0v) is 22.6. The monoisotopic (exact) mass is 542 g/mol. The highest BCUT2D eigenvalue weighted by Gasteiger charge is 2.20. The van der Waals surface area contributed by atoms with Crippen LogP contribution < -0.4 is 5.32 Å². The van der Waals surface area contributed by atoms with E-state index in [1.807, 2.05) is 49.4 Å². The number of rotatable bonds is 7. The van der Waals surface area contributed by atoms with Crippen LogP contribution in [0.2, 0.25) is 0 Å². The maximum Gasteiger partial charge on any atom is 0.335 e. The molecule has 1 amide bonds. The zero-order valence-electron chi connectivity index (χ0n) is 21.8. The standard InChI is InChI=1S/C34H26N2O3S/c1-21(23-11-13-26(14-12-23)34(38)39)36-33(37)29-18-27(24-6-3-2-4-7-24)19-31-32(29)28(20-40-31)16-22-9-10-25-8-5-15-35-30(25)17-22/h2-15,17-21H,16H2,1H3,(H,36,37)(H,38,39)/t21-/m0/s1. The fourth-order valence-electron chi connectivity index (χ4n) is 5.05. The van der Waals surface area contributed by atoms with Crippen LogP contribution in [-0.2, 0) is 6.42 Å². The van der Waals surface area contributed by atoms with Gasteiger partial charge in [-0.05, 0) is 82.9 Å². The van der Waals surface area contributed by atoms with Gasteiger partial charge in [-0.3, -0.25) is 9.78 Å². The zero-order chi connectivity index (χ0) is 27.6. The highest BCUT2D eigenvalue weighted by molar-refractivity contribution is 7.17. The fraction of sp³-hybridized carbons (Fsp3) is 0.0882. The highest BCUT2D eigenvalue weighted by Crippen LogP contribution is 2.36. The van der Waals surface area contributed by atoms with E-state index < -0.39 is 5.97 Å². The van der Waals surface area contributed by atoms with Crippen LogP contribution in [0.1, 0.15) is 50.4 Å². The summed E-state index contributed by atoms with van der Waals surface area (Å²) in [5.41, 5.74) is 6.89. The smallest absolute Gasteiger partial charge is 0.335 e. The average Bonchev–Trinajstić information content (AvgIpc) is 3.39. The van der Waals surface area contributed by atoms with E-state index in [1.165, 1.54) is 0 Å². The normalized spacial score (nSPS) is 11.9. The number of carbonyl (C=O) groups excluding carboxylic acids is 1. The van der Waals surface area contributed by atoms with E-state index in [4.69, 9.17) is 0 Å². The summed E-state index contributed by atoms with van der Waals surface area (Å²) >= 11 is 1.65. The van der Waals surface area contributed by atoms with Crippen molar-refractivity contribution in [2.45, 2.75) is 19.4 Å². The molecule has 0 bridgehead atoms. The van der Waals surface area contributed by atoms with Gasteiger partial charge in [0.05, 0.1) is 17.1 Å². The van der Waals surface area contributed by atoms with Gasteiger partial charge in [-0.25, -0.2) is 4.79 Å². The summed E-state index contributed by atoms with van der Waals surface area (Å²) in [6.45, 7) is 1.91. The summed E-state index contributed by atoms with van der Waals surface area (Å²) in [6.07, 6.45) is 2.49. The molecule has 0 aliphatic rings. The van der Waals surface area contributed by atoms with E-state index in [-0.39, 0.29) is 17.5 Å². The van der Waals surface area contributed by atoms with Gasteiger partial charge in [0, 0.05) is 27.2 Å². The highest BCUT2D eigenvalue weighted by atomic mass is 32.1. The van der Waals surface area contributed by atoms with Crippen LogP contribution in [0.25, 0.3) is 32.1 Å². The summed E-state index contributed by atoms with van der Waals surface area (Å²) in [5.74, 6) is -1.15. The van der Waals surface area contributed by atoms with E-state index in [2.05, 4.69) is 46.0 Å². The third-order valence-electron chi connectivity index (χ3n) is 7.17. The second-order valence-electron chi connectivity index (χ2n) is 9.85. The number of thiophene rings is 1. The first-order chi connectivity index (χ1) is 19.5. The van der Waals surface area contributed by atoms with Crippen molar-refractivity contribution in [3.63, 3.8) is 0 Å². The number of benzene rings is 4. The molecule has 0 saturated heterocycles. The Kier molecular flexibility index (Phi) is 6.84. The lowest BCUT2D eigenvalue weighted by Gasteiger charge is -2.16. The van der Waals surface area contributed by atoms with E-state index in [9.17, 15) is 14.7 Å². The van der Waals surface area contributed by atoms with Gasteiger partial charge in [0.1, 0.15) is 0 Å². The van der Waals surface area contributed by atoms with Crippen molar-refractivity contribution >= 4 is 44.2 Å². The van der Waals surface area contributed by atoms with Gasteiger partial charge >= 0.3 is 5.97 Å². The number of fused-ring (bicyclic) bond motifs is 2. The molecule has 0 radical (unpaired) electrons. The van der Waals surface area contributed by atoms with Gasteiger partial charge in [-0.15, -0.1) is 11.3 Å². The van der Waals surface area contributed by atoms with Crippen LogP contribution in [0.5, 0.6) is 0 Å². The Balaban J connectivity index is 1.39. The lowest BCUT2D eigenvalue weighted by molar-refractivity contribution is 0.0696. The van der Waals surface area contributed by atoms with E-state index in [0.717, 1.165) is 48.8 Å². The molecule has 6 aromatic rings. The van der Waals surface area contributed by atoms with E-state index >= 15 is 0 Å². The molecule has 2 aromatic heterocycles. The Labute approximate surface area is 235 Å². The predicted molar refractivity (Wildman–Crippen MR) is 161 cm³/mol. The first kappa shape index (κ1) is 25.5. The number of nitrogens with zero attached hydrogens (tertiary/aromatic N) is 1. The van der Waals surface area contributed by atoms with Crippen LogP contribution in [0.3, 0.4) is 0 Å². The summed E-state index contributed by atoms with van der Waals surface area (Å²) in [4.78, 5) is 29.6. The molecule has 0 spiro atoms. The number of amides is 1. The molecular formula is C34H26N2O3S. The lowest BCUT2D eigenvalue weighted by atomic mass is 9.95. The van der Waals surface area contributed by atoms with Crippen molar-refractivity contribution in [3.8, 4) is 11.1 Å². The quantitative estimate of drug-likeness (QED) is 0.215. The molecule has 0 aliphatic heterocycles. The molecule has 2 N–H and O–H groups in total.